The van der Waals surface area contributed by atoms with Gasteiger partial charge in [-0.25, -0.2) is 0 Å². The Morgan fingerprint density at radius 1 is 1.23 bits per heavy atom. The summed E-state index contributed by atoms with van der Waals surface area (Å²) in [5.41, 5.74) is 0.580. The van der Waals surface area contributed by atoms with E-state index in [-0.39, 0.29) is 17.9 Å². The molecule has 6 nitrogen and oxygen atoms in total. The highest BCUT2D eigenvalue weighted by Crippen LogP contribution is 2.11. The summed E-state index contributed by atoms with van der Waals surface area (Å²) in [6.07, 6.45) is 2.97. The predicted octanol–water partition coefficient (Wildman–Crippen LogP) is 1.20. The molecule has 6 heteroatoms. The third-order valence-corrected chi connectivity index (χ3v) is 3.98. The number of nitrogens with one attached hydrogen (secondary N) is 1. The van der Waals surface area contributed by atoms with Gasteiger partial charge >= 0.3 is 0 Å². The first kappa shape index (κ1) is 16.5. The maximum atomic E-state index is 12.2. The van der Waals surface area contributed by atoms with Crippen LogP contribution in [0, 0.1) is 5.92 Å². The second-order valence-corrected chi connectivity index (χ2v) is 6.16. The molecule has 0 saturated carbocycles. The van der Waals surface area contributed by atoms with Crippen molar-refractivity contribution in [1.29, 1.82) is 0 Å². The highest BCUT2D eigenvalue weighted by atomic mass is 16.3. The zero-order chi connectivity index (χ0) is 16.1. The molecule has 1 aromatic rings. The van der Waals surface area contributed by atoms with E-state index in [4.69, 9.17) is 4.42 Å². The Labute approximate surface area is 131 Å². The molecule has 1 atom stereocenters. The first-order valence-electron chi connectivity index (χ1n) is 7.82. The molecule has 22 heavy (non-hydrogen) atoms. The fraction of sp³-hybridized carbons (Fsp3) is 0.625. The van der Waals surface area contributed by atoms with Crippen LogP contribution in [0.4, 0.5) is 0 Å². The summed E-state index contributed by atoms with van der Waals surface area (Å²) in [4.78, 5) is 28.2. The van der Waals surface area contributed by atoms with Crippen molar-refractivity contribution in [2.24, 2.45) is 5.92 Å². The predicted molar refractivity (Wildman–Crippen MR) is 83.5 cm³/mol. The zero-order valence-corrected chi connectivity index (χ0v) is 13.5. The Morgan fingerprint density at radius 2 is 1.91 bits per heavy atom. The second kappa shape index (κ2) is 7.45. The van der Waals surface area contributed by atoms with E-state index in [1.54, 1.807) is 11.0 Å². The van der Waals surface area contributed by atoms with Crippen molar-refractivity contribution < 1.29 is 14.0 Å². The van der Waals surface area contributed by atoms with E-state index in [0.29, 0.717) is 44.2 Å². The minimum Gasteiger partial charge on any atom is -0.472 e. The van der Waals surface area contributed by atoms with Crippen LogP contribution in [0.25, 0.3) is 0 Å². The van der Waals surface area contributed by atoms with E-state index in [1.807, 2.05) is 6.92 Å². The molecule has 0 radical (unpaired) electrons. The molecule has 1 aromatic heterocycles. The fourth-order valence-corrected chi connectivity index (χ4v) is 2.50. The summed E-state index contributed by atoms with van der Waals surface area (Å²) in [6.45, 7) is 9.44. The van der Waals surface area contributed by atoms with Gasteiger partial charge in [0.05, 0.1) is 17.9 Å². The largest absolute Gasteiger partial charge is 0.472 e. The molecule has 0 bridgehead atoms. The number of rotatable bonds is 5. The summed E-state index contributed by atoms with van der Waals surface area (Å²) in [5.74, 6) is 0.495. The number of piperazine rings is 1. The van der Waals surface area contributed by atoms with E-state index in [9.17, 15) is 9.59 Å². The topological polar surface area (TPSA) is 65.8 Å². The lowest BCUT2D eigenvalue weighted by Crippen LogP contribution is -2.55. The molecule has 2 heterocycles. The van der Waals surface area contributed by atoms with Crippen LogP contribution in [0.5, 0.6) is 0 Å². The third kappa shape index (κ3) is 4.10. The van der Waals surface area contributed by atoms with Crippen LogP contribution in [0.2, 0.25) is 0 Å². The van der Waals surface area contributed by atoms with Gasteiger partial charge in [-0.05, 0) is 18.9 Å². The van der Waals surface area contributed by atoms with Crippen molar-refractivity contribution in [3.05, 3.63) is 24.2 Å². The second-order valence-electron chi connectivity index (χ2n) is 6.16. The number of furan rings is 1. The van der Waals surface area contributed by atoms with E-state index in [2.05, 4.69) is 24.1 Å². The summed E-state index contributed by atoms with van der Waals surface area (Å²) in [7, 11) is 0. The molecule has 0 aliphatic carbocycles. The van der Waals surface area contributed by atoms with Crippen molar-refractivity contribution in [3.63, 3.8) is 0 Å². The number of hydrogen-bond donors (Lipinski definition) is 1. The van der Waals surface area contributed by atoms with Crippen molar-refractivity contribution in [1.82, 2.24) is 15.1 Å². The quantitative estimate of drug-likeness (QED) is 0.887. The third-order valence-electron chi connectivity index (χ3n) is 3.98. The molecule has 122 valence electrons. The van der Waals surface area contributed by atoms with Crippen molar-refractivity contribution >= 4 is 11.8 Å². The zero-order valence-electron chi connectivity index (χ0n) is 13.5. The van der Waals surface area contributed by atoms with Gasteiger partial charge in [-0.1, -0.05) is 13.8 Å². The number of nitrogens with zero attached hydrogens (tertiary/aromatic N) is 2. The molecule has 1 fully saturated rings. The Bertz CT molecular complexity index is 491. The van der Waals surface area contributed by atoms with E-state index < -0.39 is 0 Å². The first-order valence-corrected chi connectivity index (χ1v) is 7.82. The molecule has 0 spiro atoms. The highest BCUT2D eigenvalue weighted by molar-refractivity contribution is 5.93. The van der Waals surface area contributed by atoms with Crippen LogP contribution in [0.3, 0.4) is 0 Å². The number of carbonyl (C=O) groups excluding carboxylic acids is 2. The van der Waals surface area contributed by atoms with Gasteiger partial charge in [-0.15, -0.1) is 0 Å². The fourth-order valence-electron chi connectivity index (χ4n) is 2.50. The van der Waals surface area contributed by atoms with Gasteiger partial charge in [0.25, 0.3) is 5.91 Å². The van der Waals surface area contributed by atoms with Gasteiger partial charge in [-0.2, -0.15) is 0 Å². The Hall–Kier alpha value is -1.82. The van der Waals surface area contributed by atoms with Gasteiger partial charge in [-0.3, -0.25) is 14.5 Å². The van der Waals surface area contributed by atoms with Gasteiger partial charge in [0, 0.05) is 32.7 Å². The van der Waals surface area contributed by atoms with Gasteiger partial charge in [0.1, 0.15) is 6.26 Å². The highest BCUT2D eigenvalue weighted by Gasteiger charge is 2.28. The number of hydrogen-bond acceptors (Lipinski definition) is 4. The monoisotopic (exact) mass is 307 g/mol. The SMILES string of the molecule is CC(C)CNC(=O)C(C)N1CCN(C(=O)c2ccoc2)CC1. The average molecular weight is 307 g/mol. The summed E-state index contributed by atoms with van der Waals surface area (Å²) >= 11 is 0. The van der Waals surface area contributed by atoms with Gasteiger partial charge < -0.3 is 14.6 Å². The van der Waals surface area contributed by atoms with Crippen molar-refractivity contribution in [3.8, 4) is 0 Å². The Balaban J connectivity index is 1.81. The molecule has 2 rings (SSSR count). The molecule has 1 saturated heterocycles. The lowest BCUT2D eigenvalue weighted by atomic mass is 10.2. The van der Waals surface area contributed by atoms with Crippen LogP contribution >= 0.6 is 0 Å². The van der Waals surface area contributed by atoms with Gasteiger partial charge in [0.15, 0.2) is 0 Å². The maximum Gasteiger partial charge on any atom is 0.257 e. The van der Waals surface area contributed by atoms with Crippen LogP contribution in [0.15, 0.2) is 23.0 Å². The van der Waals surface area contributed by atoms with Crippen LogP contribution < -0.4 is 5.32 Å². The molecule has 1 N–H and O–H groups in total. The standard InChI is InChI=1S/C16H25N3O3/c1-12(2)10-17-15(20)13(3)18-5-7-19(8-6-18)16(21)14-4-9-22-11-14/h4,9,11-13H,5-8,10H2,1-3H3,(H,17,20). The lowest BCUT2D eigenvalue weighted by Gasteiger charge is -2.37. The summed E-state index contributed by atoms with van der Waals surface area (Å²) in [5, 5.41) is 2.96. The van der Waals surface area contributed by atoms with Crippen LogP contribution in [0.1, 0.15) is 31.1 Å². The summed E-state index contributed by atoms with van der Waals surface area (Å²) < 4.78 is 4.95. The normalized spacial score (nSPS) is 17.5. The summed E-state index contributed by atoms with van der Waals surface area (Å²) in [6, 6.07) is 1.52. The Kier molecular flexibility index (Phi) is 5.60. The van der Waals surface area contributed by atoms with Crippen LogP contribution in [-0.4, -0.2) is 60.4 Å². The molecular weight excluding hydrogens is 282 g/mol. The van der Waals surface area contributed by atoms with Crippen LogP contribution in [-0.2, 0) is 4.79 Å². The molecule has 2 amide bonds. The van der Waals surface area contributed by atoms with E-state index >= 15 is 0 Å². The minimum absolute atomic E-state index is 0.00897. The molecule has 1 aliphatic heterocycles. The number of carbonyl (C=O) groups is 2. The molecule has 0 aromatic carbocycles. The van der Waals surface area contributed by atoms with E-state index in [1.165, 1.54) is 12.5 Å². The first-order chi connectivity index (χ1) is 10.5. The van der Waals surface area contributed by atoms with Crippen molar-refractivity contribution in [2.75, 3.05) is 32.7 Å². The average Bonchev–Trinajstić information content (AvgIpc) is 3.05. The molecule has 1 aliphatic rings. The Morgan fingerprint density at radius 3 is 2.45 bits per heavy atom. The minimum atomic E-state index is -0.162. The van der Waals surface area contributed by atoms with Gasteiger partial charge in [0.2, 0.25) is 5.91 Å². The lowest BCUT2D eigenvalue weighted by molar-refractivity contribution is -0.126. The smallest absolute Gasteiger partial charge is 0.257 e. The number of amides is 2. The van der Waals surface area contributed by atoms with Crippen molar-refractivity contribution in [2.45, 2.75) is 26.8 Å². The van der Waals surface area contributed by atoms with E-state index in [0.717, 1.165) is 0 Å². The molecule has 1 unspecified atom stereocenters. The molecular formula is C16H25N3O3. The maximum absolute atomic E-state index is 12.2.